The molecule has 0 spiro atoms. The summed E-state index contributed by atoms with van der Waals surface area (Å²) in [5.41, 5.74) is 2.86. The molecule has 3 aromatic heterocycles. The van der Waals surface area contributed by atoms with E-state index in [4.69, 9.17) is 19.4 Å². The van der Waals surface area contributed by atoms with Crippen LogP contribution in [0.3, 0.4) is 0 Å². The van der Waals surface area contributed by atoms with Crippen molar-refractivity contribution in [2.24, 2.45) is 0 Å². The second-order valence-electron chi connectivity index (χ2n) is 8.70. The zero-order valence-electron chi connectivity index (χ0n) is 18.7. The Labute approximate surface area is 203 Å². The predicted molar refractivity (Wildman–Crippen MR) is 133 cm³/mol. The molecule has 174 valence electrons. The summed E-state index contributed by atoms with van der Waals surface area (Å²) in [4.78, 5) is 41.1. The number of nitrogens with zero attached hydrogens (tertiary/aromatic N) is 4. The molecule has 2 aliphatic rings. The normalized spacial score (nSPS) is 18.4. The van der Waals surface area contributed by atoms with Gasteiger partial charge in [0.2, 0.25) is 5.91 Å². The lowest BCUT2D eigenvalue weighted by atomic mass is 9.93. The molecule has 34 heavy (non-hydrogen) atoms. The van der Waals surface area contributed by atoms with Crippen molar-refractivity contribution in [1.82, 2.24) is 25.2 Å². The van der Waals surface area contributed by atoms with Crippen LogP contribution in [0.2, 0.25) is 5.02 Å². The number of carbonyl (C=O) groups excluding carboxylic acids is 2. The summed E-state index contributed by atoms with van der Waals surface area (Å²) >= 11 is 5.98. The van der Waals surface area contributed by atoms with Crippen LogP contribution in [-0.2, 0) is 4.79 Å². The Morgan fingerprint density at radius 2 is 2.03 bits per heavy atom. The number of amides is 2. The maximum atomic E-state index is 12.8. The molecule has 2 aliphatic heterocycles. The van der Waals surface area contributed by atoms with E-state index < -0.39 is 0 Å². The van der Waals surface area contributed by atoms with Gasteiger partial charge in [-0.15, -0.1) is 0 Å². The van der Waals surface area contributed by atoms with Gasteiger partial charge < -0.3 is 25.4 Å². The highest BCUT2D eigenvalue weighted by Gasteiger charge is 2.27. The molecule has 2 amide bonds. The Kier molecular flexibility index (Phi) is 6.43. The summed E-state index contributed by atoms with van der Waals surface area (Å²) in [6.07, 6.45) is 8.99. The van der Waals surface area contributed by atoms with Crippen molar-refractivity contribution in [3.63, 3.8) is 0 Å². The number of H-pyrrole nitrogens is 1. The van der Waals surface area contributed by atoms with Crippen molar-refractivity contribution < 1.29 is 9.59 Å². The third-order valence-corrected chi connectivity index (χ3v) is 6.66. The number of pyridine rings is 2. The molecule has 0 aromatic carbocycles. The number of aromatic nitrogens is 3. The molecule has 9 nitrogen and oxygen atoms in total. The number of fused-ring (bicyclic) bond motifs is 1. The van der Waals surface area contributed by atoms with E-state index >= 15 is 0 Å². The maximum Gasteiger partial charge on any atom is 0.257 e. The van der Waals surface area contributed by atoms with E-state index in [0.717, 1.165) is 30.5 Å². The first-order chi connectivity index (χ1) is 16.5. The van der Waals surface area contributed by atoms with E-state index in [0.29, 0.717) is 66.0 Å². The second kappa shape index (κ2) is 9.64. The molecule has 11 heteroatoms. The van der Waals surface area contributed by atoms with Crippen molar-refractivity contribution in [3.05, 3.63) is 41.4 Å². The zero-order valence-corrected chi connectivity index (χ0v) is 19.4. The Balaban J connectivity index is 1.34. The summed E-state index contributed by atoms with van der Waals surface area (Å²) < 4.78 is 0. The summed E-state index contributed by atoms with van der Waals surface area (Å²) in [7, 11) is 6.36. The van der Waals surface area contributed by atoms with Crippen molar-refractivity contribution in [3.8, 4) is 0 Å². The first-order valence-electron chi connectivity index (χ1n) is 11.4. The average molecular weight is 478 g/mol. The van der Waals surface area contributed by atoms with Crippen molar-refractivity contribution >= 4 is 59.1 Å². The lowest BCUT2D eigenvalue weighted by Gasteiger charge is -2.37. The number of nitrogens with one attached hydrogen (secondary N) is 3. The number of hydrogen-bond donors (Lipinski definition) is 3. The van der Waals surface area contributed by atoms with E-state index in [1.807, 2.05) is 4.90 Å². The number of carbonyl (C=O) groups is 2. The summed E-state index contributed by atoms with van der Waals surface area (Å²) in [6, 6.07) is 1.85. The van der Waals surface area contributed by atoms with Crippen LogP contribution in [0, 0.1) is 0 Å². The predicted octanol–water partition coefficient (Wildman–Crippen LogP) is 1.45. The lowest BCUT2D eigenvalue weighted by Crippen LogP contribution is -2.50. The quantitative estimate of drug-likeness (QED) is 0.480. The monoisotopic (exact) mass is 477 g/mol. The van der Waals surface area contributed by atoms with Gasteiger partial charge in [-0.05, 0) is 25.5 Å². The van der Waals surface area contributed by atoms with Crippen molar-refractivity contribution in [2.75, 3.05) is 42.9 Å². The first kappa shape index (κ1) is 22.7. The summed E-state index contributed by atoms with van der Waals surface area (Å²) in [5, 5.41) is 7.43. The Hall–Kier alpha value is -3.11. The minimum atomic E-state index is -0.333. The topological polar surface area (TPSA) is 106 Å². The molecule has 0 saturated carbocycles. The smallest absolute Gasteiger partial charge is 0.257 e. The highest BCUT2D eigenvalue weighted by atomic mass is 35.5. The van der Waals surface area contributed by atoms with E-state index in [-0.39, 0.29) is 11.8 Å². The zero-order chi connectivity index (χ0) is 23.7. The average Bonchev–Trinajstić information content (AvgIpc) is 3.49. The Morgan fingerprint density at radius 3 is 2.76 bits per heavy atom. The van der Waals surface area contributed by atoms with Crippen LogP contribution >= 0.6 is 11.6 Å². The molecule has 5 heterocycles. The standard InChI is InChI=1S/C23H25BClN7O2/c24-17-12-28-22-20(18(13-29-22)30-23(34)14-8-15(25)11-26-10-14)21(17)32-6-4-31(5-7-32)19(33)9-16-2-1-3-27-16/h8,10-13,16,27H,1-7,9H2,(H,28,29)(H,30,34). The number of rotatable bonds is 5. The van der Waals surface area contributed by atoms with Gasteiger partial charge in [-0.1, -0.05) is 17.1 Å². The molecule has 1 atom stereocenters. The van der Waals surface area contributed by atoms with E-state index in [9.17, 15) is 9.59 Å². The minimum Gasteiger partial charge on any atom is -0.368 e. The Morgan fingerprint density at radius 1 is 1.21 bits per heavy atom. The van der Waals surface area contributed by atoms with Gasteiger partial charge in [-0.2, -0.15) is 0 Å². The molecule has 2 fully saturated rings. The molecule has 1 unspecified atom stereocenters. The van der Waals surface area contributed by atoms with Crippen LogP contribution in [0.5, 0.6) is 0 Å². The number of anilines is 2. The third kappa shape index (κ3) is 4.60. The SMILES string of the molecule is [B]c1cnc2[nH]cc(NC(=O)c3cncc(Cl)c3)c2c1N1CCN(C(=O)CC2CCCN2)CC1. The van der Waals surface area contributed by atoms with Gasteiger partial charge in [0.05, 0.1) is 21.7 Å². The van der Waals surface area contributed by atoms with Gasteiger partial charge in [-0.25, -0.2) is 4.98 Å². The number of halogens is 1. The van der Waals surface area contributed by atoms with Crippen LogP contribution in [0.4, 0.5) is 11.4 Å². The highest BCUT2D eigenvalue weighted by molar-refractivity contribution is 6.38. The number of piperazine rings is 1. The lowest BCUT2D eigenvalue weighted by molar-refractivity contribution is -0.131. The summed E-state index contributed by atoms with van der Waals surface area (Å²) in [5.74, 6) is -0.142. The Bertz CT molecular complexity index is 1220. The molecular formula is C23H25BClN7O2. The molecule has 5 rings (SSSR count). The van der Waals surface area contributed by atoms with Gasteiger partial charge >= 0.3 is 0 Å². The molecule has 0 bridgehead atoms. The van der Waals surface area contributed by atoms with Gasteiger partial charge in [0, 0.05) is 69.1 Å². The largest absolute Gasteiger partial charge is 0.368 e. The van der Waals surface area contributed by atoms with E-state index in [2.05, 4.69) is 30.5 Å². The van der Waals surface area contributed by atoms with Gasteiger partial charge in [0.25, 0.3) is 5.91 Å². The van der Waals surface area contributed by atoms with Gasteiger partial charge in [0.1, 0.15) is 13.5 Å². The van der Waals surface area contributed by atoms with Gasteiger partial charge in [-0.3, -0.25) is 14.6 Å². The van der Waals surface area contributed by atoms with E-state index in [1.54, 1.807) is 18.5 Å². The van der Waals surface area contributed by atoms with Gasteiger partial charge in [0.15, 0.2) is 0 Å². The van der Waals surface area contributed by atoms with Crippen molar-refractivity contribution in [1.29, 1.82) is 0 Å². The van der Waals surface area contributed by atoms with Crippen LogP contribution in [0.15, 0.2) is 30.9 Å². The molecular weight excluding hydrogens is 453 g/mol. The number of hydrogen-bond acceptors (Lipinski definition) is 6. The number of aromatic amines is 1. The molecule has 2 saturated heterocycles. The van der Waals surface area contributed by atoms with E-state index in [1.165, 1.54) is 12.4 Å². The summed E-state index contributed by atoms with van der Waals surface area (Å²) in [6.45, 7) is 3.52. The fourth-order valence-electron chi connectivity index (χ4n) is 4.71. The minimum absolute atomic E-state index is 0.191. The first-order valence-corrected chi connectivity index (χ1v) is 11.8. The van der Waals surface area contributed by atoms with Crippen LogP contribution < -0.4 is 21.0 Å². The fourth-order valence-corrected chi connectivity index (χ4v) is 4.89. The third-order valence-electron chi connectivity index (χ3n) is 6.45. The van der Waals surface area contributed by atoms with Crippen LogP contribution in [0.25, 0.3) is 11.0 Å². The molecule has 3 N–H and O–H groups in total. The van der Waals surface area contributed by atoms with Crippen molar-refractivity contribution in [2.45, 2.75) is 25.3 Å². The maximum absolute atomic E-state index is 12.8. The van der Waals surface area contributed by atoms with Crippen LogP contribution in [0.1, 0.15) is 29.6 Å². The molecule has 3 aromatic rings. The second-order valence-corrected chi connectivity index (χ2v) is 9.14. The highest BCUT2D eigenvalue weighted by Crippen LogP contribution is 2.31. The fraction of sp³-hybridized carbons (Fsp3) is 0.391. The van der Waals surface area contributed by atoms with Crippen LogP contribution in [-0.4, -0.2) is 78.3 Å². The molecule has 0 aliphatic carbocycles. The molecule has 2 radical (unpaired) electrons.